The number of hydrogen-bond donors (Lipinski definition) is 1. The number of imidazole rings is 1. The second kappa shape index (κ2) is 8.72. The molecule has 1 heterocycles. The van der Waals surface area contributed by atoms with Crippen LogP contribution in [0.5, 0.6) is 11.5 Å². The van der Waals surface area contributed by atoms with E-state index in [4.69, 9.17) is 9.47 Å². The van der Waals surface area contributed by atoms with Crippen molar-refractivity contribution in [3.63, 3.8) is 0 Å². The summed E-state index contributed by atoms with van der Waals surface area (Å²) in [6, 6.07) is 9.92. The summed E-state index contributed by atoms with van der Waals surface area (Å²) in [5, 5.41) is 2.83. The molecule has 3 aromatic rings. The van der Waals surface area contributed by atoms with E-state index in [0.717, 1.165) is 9.82 Å². The molecule has 0 aliphatic carbocycles. The van der Waals surface area contributed by atoms with Crippen molar-refractivity contribution in [2.75, 3.05) is 33.6 Å². The predicted molar refractivity (Wildman–Crippen MR) is 113 cm³/mol. The average molecular weight is 433 g/mol. The molecule has 0 aliphatic heterocycles. The number of fused-ring (bicyclic) bond motifs is 1. The molecule has 2 aromatic carbocycles. The maximum absolute atomic E-state index is 12.4. The average Bonchev–Trinajstić information content (AvgIpc) is 3.14. The predicted octanol–water partition coefficient (Wildman–Crippen LogP) is 2.33. The van der Waals surface area contributed by atoms with Crippen molar-refractivity contribution < 1.29 is 22.7 Å². The van der Waals surface area contributed by atoms with Crippen molar-refractivity contribution in [3.05, 3.63) is 42.7 Å². The van der Waals surface area contributed by atoms with E-state index in [2.05, 4.69) is 10.3 Å². The number of sulfonamides is 1. The second-order valence-corrected chi connectivity index (χ2v) is 8.89. The summed E-state index contributed by atoms with van der Waals surface area (Å²) >= 11 is 0. The Morgan fingerprint density at radius 3 is 2.57 bits per heavy atom. The summed E-state index contributed by atoms with van der Waals surface area (Å²) in [5.41, 5.74) is 1.82. The molecular weight excluding hydrogens is 408 g/mol. The monoisotopic (exact) mass is 432 g/mol. The van der Waals surface area contributed by atoms with Crippen molar-refractivity contribution in [2.45, 2.75) is 17.9 Å². The van der Waals surface area contributed by atoms with Gasteiger partial charge in [-0.2, -0.15) is 0 Å². The largest absolute Gasteiger partial charge is 0.497 e. The number of ether oxygens (including phenoxy) is 2. The zero-order valence-corrected chi connectivity index (χ0v) is 18.1. The number of rotatable bonds is 8. The van der Waals surface area contributed by atoms with E-state index in [0.29, 0.717) is 29.2 Å². The molecule has 0 saturated carbocycles. The molecule has 3 rings (SSSR count). The molecule has 30 heavy (non-hydrogen) atoms. The minimum absolute atomic E-state index is 0.174. The van der Waals surface area contributed by atoms with Crippen LogP contribution in [0.1, 0.15) is 6.42 Å². The minimum atomic E-state index is -3.53. The number of anilines is 1. The highest BCUT2D eigenvalue weighted by Crippen LogP contribution is 2.29. The molecule has 0 atom stereocenters. The van der Waals surface area contributed by atoms with E-state index in [1.165, 1.54) is 33.3 Å². The lowest BCUT2D eigenvalue weighted by molar-refractivity contribution is -0.116. The first-order valence-corrected chi connectivity index (χ1v) is 10.6. The summed E-state index contributed by atoms with van der Waals surface area (Å²) in [6.07, 6.45) is 1.79. The van der Waals surface area contributed by atoms with Crippen molar-refractivity contribution >= 4 is 32.7 Å². The Bertz CT molecular complexity index is 1170. The van der Waals surface area contributed by atoms with Crippen molar-refractivity contribution in [1.82, 2.24) is 13.9 Å². The van der Waals surface area contributed by atoms with Crippen molar-refractivity contribution in [3.8, 4) is 11.5 Å². The van der Waals surface area contributed by atoms with Gasteiger partial charge >= 0.3 is 0 Å². The molecule has 10 heteroatoms. The molecule has 0 fully saturated rings. The highest BCUT2D eigenvalue weighted by Gasteiger charge is 2.18. The second-order valence-electron chi connectivity index (χ2n) is 6.74. The van der Waals surface area contributed by atoms with E-state index in [1.807, 2.05) is 4.57 Å². The fourth-order valence-electron chi connectivity index (χ4n) is 2.94. The fraction of sp³-hybridized carbons (Fsp3) is 0.300. The Hall–Kier alpha value is -3.11. The highest BCUT2D eigenvalue weighted by atomic mass is 32.2. The van der Waals surface area contributed by atoms with Gasteiger partial charge in [-0.15, -0.1) is 0 Å². The number of benzene rings is 2. The third-order valence-electron chi connectivity index (χ3n) is 4.63. The number of methoxy groups -OCH3 is 2. The van der Waals surface area contributed by atoms with Gasteiger partial charge in [-0.3, -0.25) is 4.79 Å². The van der Waals surface area contributed by atoms with Gasteiger partial charge < -0.3 is 19.4 Å². The first-order valence-electron chi connectivity index (χ1n) is 9.15. The summed E-state index contributed by atoms with van der Waals surface area (Å²) in [6.45, 7) is 0.383. The molecule has 0 spiro atoms. The number of nitrogens with one attached hydrogen (secondary N) is 1. The number of carbonyl (C=O) groups excluding carboxylic acids is 1. The number of aryl methyl sites for hydroxylation is 1. The lowest BCUT2D eigenvalue weighted by Gasteiger charge is -2.12. The van der Waals surface area contributed by atoms with Crippen LogP contribution >= 0.6 is 0 Å². The number of aromatic nitrogens is 2. The number of hydrogen-bond acceptors (Lipinski definition) is 6. The molecule has 9 nitrogen and oxygen atoms in total. The molecule has 0 saturated heterocycles. The SMILES string of the molecule is COc1ccc(OC)c(NC(=O)CCn2cnc3cc(S(=O)(=O)N(C)C)ccc32)c1. The first-order chi connectivity index (χ1) is 14.3. The number of nitrogens with zero attached hydrogens (tertiary/aromatic N) is 3. The summed E-state index contributed by atoms with van der Waals surface area (Å²) < 4.78 is 38.0. The lowest BCUT2D eigenvalue weighted by atomic mass is 10.2. The Morgan fingerprint density at radius 2 is 1.90 bits per heavy atom. The van der Waals surface area contributed by atoms with Crippen LogP contribution in [-0.2, 0) is 21.4 Å². The number of carbonyl (C=O) groups is 1. The molecule has 160 valence electrons. The molecule has 1 aromatic heterocycles. The first kappa shape index (κ1) is 21.6. The van der Waals surface area contributed by atoms with E-state index in [1.54, 1.807) is 37.7 Å². The Morgan fingerprint density at radius 1 is 1.13 bits per heavy atom. The normalized spacial score (nSPS) is 11.6. The third-order valence-corrected chi connectivity index (χ3v) is 6.44. The van der Waals surface area contributed by atoms with Crippen LogP contribution in [-0.4, -0.2) is 56.5 Å². The molecule has 1 amide bonds. The van der Waals surface area contributed by atoms with Gasteiger partial charge in [0.15, 0.2) is 0 Å². The van der Waals surface area contributed by atoms with Crippen molar-refractivity contribution in [1.29, 1.82) is 0 Å². The Balaban J connectivity index is 1.73. The molecule has 1 N–H and O–H groups in total. The van der Waals surface area contributed by atoms with Crippen LogP contribution in [0.4, 0.5) is 5.69 Å². The quantitative estimate of drug-likeness (QED) is 0.586. The maximum Gasteiger partial charge on any atom is 0.242 e. The fourth-order valence-corrected chi connectivity index (χ4v) is 3.86. The molecular formula is C20H24N4O5S. The van der Waals surface area contributed by atoms with Crippen LogP contribution in [0.25, 0.3) is 11.0 Å². The maximum atomic E-state index is 12.4. The zero-order chi connectivity index (χ0) is 21.9. The van der Waals surface area contributed by atoms with E-state index < -0.39 is 10.0 Å². The van der Waals surface area contributed by atoms with E-state index >= 15 is 0 Å². The minimum Gasteiger partial charge on any atom is -0.497 e. The summed E-state index contributed by atoms with van der Waals surface area (Å²) in [7, 11) is 2.50. The lowest BCUT2D eigenvalue weighted by Crippen LogP contribution is -2.22. The Kier molecular flexibility index (Phi) is 6.28. The van der Waals surface area contributed by atoms with Gasteiger partial charge in [0.2, 0.25) is 15.9 Å². The van der Waals surface area contributed by atoms with Crippen molar-refractivity contribution in [2.24, 2.45) is 0 Å². The van der Waals surface area contributed by atoms with Crippen LogP contribution in [0.3, 0.4) is 0 Å². The highest BCUT2D eigenvalue weighted by molar-refractivity contribution is 7.89. The topological polar surface area (TPSA) is 103 Å². The molecule has 0 aliphatic rings. The molecule has 0 radical (unpaired) electrons. The van der Waals surface area contributed by atoms with Crippen LogP contribution in [0.2, 0.25) is 0 Å². The van der Waals surface area contributed by atoms with E-state index in [9.17, 15) is 13.2 Å². The van der Waals surface area contributed by atoms with E-state index in [-0.39, 0.29) is 17.2 Å². The van der Waals surface area contributed by atoms with Gasteiger partial charge in [-0.05, 0) is 30.3 Å². The zero-order valence-electron chi connectivity index (χ0n) is 17.2. The van der Waals surface area contributed by atoms with Gasteiger partial charge in [0.05, 0.1) is 42.2 Å². The standard InChI is InChI=1S/C20H24N4O5S/c1-23(2)30(26,27)15-6-7-18-16(12-15)21-13-24(18)10-9-20(25)22-17-11-14(28-3)5-8-19(17)29-4/h5-8,11-13H,9-10H2,1-4H3,(H,22,25). The molecule has 0 unspecified atom stereocenters. The Labute approximate surface area is 175 Å². The van der Waals surface area contributed by atoms with Gasteiger partial charge in [0, 0.05) is 33.1 Å². The van der Waals surface area contributed by atoms with Crippen LogP contribution < -0.4 is 14.8 Å². The molecule has 0 bridgehead atoms. The van der Waals surface area contributed by atoms with Crippen LogP contribution in [0, 0.1) is 0 Å². The van der Waals surface area contributed by atoms with Gasteiger partial charge in [0.25, 0.3) is 0 Å². The summed E-state index contributed by atoms with van der Waals surface area (Å²) in [5.74, 6) is 0.942. The smallest absolute Gasteiger partial charge is 0.242 e. The van der Waals surface area contributed by atoms with Crippen LogP contribution in [0.15, 0.2) is 47.6 Å². The third kappa shape index (κ3) is 4.39. The number of amides is 1. The van der Waals surface area contributed by atoms with Gasteiger partial charge in [-0.1, -0.05) is 0 Å². The van der Waals surface area contributed by atoms with Gasteiger partial charge in [-0.25, -0.2) is 17.7 Å². The summed E-state index contributed by atoms with van der Waals surface area (Å²) in [4.78, 5) is 16.9. The van der Waals surface area contributed by atoms with Gasteiger partial charge in [0.1, 0.15) is 11.5 Å².